The number of hydrogen-bond donors (Lipinski definition) is 1. The van der Waals surface area contributed by atoms with Crippen LogP contribution in [0, 0.1) is 23.0 Å². The smallest absolute Gasteiger partial charge is 0.417 e. The van der Waals surface area contributed by atoms with Gasteiger partial charge in [0.05, 0.1) is 21.4 Å². The molecule has 6 rings (SSSR count). The highest BCUT2D eigenvalue weighted by Gasteiger charge is 2.41. The molecular weight excluding hydrogens is 798 g/mol. The number of hydrogen-bond acceptors (Lipinski definition) is 11. The van der Waals surface area contributed by atoms with Crippen molar-refractivity contribution in [1.29, 1.82) is 5.26 Å². The van der Waals surface area contributed by atoms with Crippen molar-refractivity contribution in [2.24, 2.45) is 0 Å². The molecule has 4 heterocycles. The maximum absolute atomic E-state index is 17.5. The number of thiophene rings is 1. The van der Waals surface area contributed by atoms with Gasteiger partial charge in [0.15, 0.2) is 5.82 Å². The zero-order chi connectivity index (χ0) is 43.6. The van der Waals surface area contributed by atoms with E-state index in [1.165, 1.54) is 4.90 Å². The number of nitrogens with one attached hydrogen (secondary N) is 1. The van der Waals surface area contributed by atoms with E-state index in [2.05, 4.69) is 20.2 Å². The van der Waals surface area contributed by atoms with Crippen molar-refractivity contribution in [3.63, 3.8) is 0 Å². The highest BCUT2D eigenvalue weighted by atomic mass is 32.1. The van der Waals surface area contributed by atoms with Crippen molar-refractivity contribution < 1.29 is 45.8 Å². The van der Waals surface area contributed by atoms with Crippen LogP contribution in [-0.4, -0.2) is 94.1 Å². The molecule has 2 aliphatic heterocycles. The molecular formula is C41H48F5N7O5S. The molecule has 318 valence electrons. The number of nitriles is 1. The number of nitrogens with zero attached hydrogens (tertiary/aromatic N) is 6. The lowest BCUT2D eigenvalue weighted by atomic mass is 9.92. The molecule has 4 aromatic rings. The normalized spacial score (nSPS) is 20.6. The lowest BCUT2D eigenvalue weighted by molar-refractivity contribution is -0.137. The Kier molecular flexibility index (Phi) is 11.5. The summed E-state index contributed by atoms with van der Waals surface area (Å²) in [5.41, 5.74) is -5.91. The Hall–Kier alpha value is -5.02. The van der Waals surface area contributed by atoms with Crippen LogP contribution in [0.2, 0.25) is 0 Å². The van der Waals surface area contributed by atoms with E-state index in [1.807, 2.05) is 20.0 Å². The molecule has 12 nitrogen and oxygen atoms in total. The van der Waals surface area contributed by atoms with Crippen LogP contribution >= 0.6 is 11.3 Å². The van der Waals surface area contributed by atoms with Crippen LogP contribution < -0.4 is 15.0 Å². The Balaban J connectivity index is 1.57. The van der Waals surface area contributed by atoms with Crippen LogP contribution in [0.25, 0.3) is 32.1 Å². The van der Waals surface area contributed by atoms with E-state index in [4.69, 9.17) is 14.2 Å². The maximum atomic E-state index is 17.5. The van der Waals surface area contributed by atoms with Crippen LogP contribution in [0.3, 0.4) is 0 Å². The number of amides is 2. The molecule has 0 radical (unpaired) electrons. The topological polar surface area (TPSA) is 133 Å². The van der Waals surface area contributed by atoms with Crippen LogP contribution in [0.5, 0.6) is 6.01 Å². The van der Waals surface area contributed by atoms with Crippen molar-refractivity contribution in [1.82, 2.24) is 19.8 Å². The third-order valence-corrected chi connectivity index (χ3v) is 11.6. The lowest BCUT2D eigenvalue weighted by Gasteiger charge is -2.45. The van der Waals surface area contributed by atoms with E-state index >= 15 is 22.0 Å². The van der Waals surface area contributed by atoms with Crippen molar-refractivity contribution in [3.05, 3.63) is 41.0 Å². The number of aromatic nitrogens is 2. The quantitative estimate of drug-likeness (QED) is 0.187. The number of carbonyl (C=O) groups is 2. The first-order valence-corrected chi connectivity index (χ1v) is 20.0. The minimum Gasteiger partial charge on any atom is -0.461 e. The first kappa shape index (κ1) is 43.6. The largest absolute Gasteiger partial charge is 0.461 e. The first-order valence-electron chi connectivity index (χ1n) is 19.2. The van der Waals surface area contributed by atoms with E-state index in [1.54, 1.807) is 60.3 Å². The molecule has 59 heavy (non-hydrogen) atoms. The summed E-state index contributed by atoms with van der Waals surface area (Å²) in [4.78, 5) is 40.3. The molecule has 0 aliphatic carbocycles. The second kappa shape index (κ2) is 15.5. The first-order chi connectivity index (χ1) is 27.3. The van der Waals surface area contributed by atoms with Crippen molar-refractivity contribution >= 4 is 55.3 Å². The molecule has 2 aromatic heterocycles. The van der Waals surface area contributed by atoms with Gasteiger partial charge in [0.1, 0.15) is 46.0 Å². The zero-order valence-electron chi connectivity index (χ0n) is 34.7. The molecule has 3 atom stereocenters. The van der Waals surface area contributed by atoms with Crippen LogP contribution in [0.1, 0.15) is 86.3 Å². The maximum Gasteiger partial charge on any atom is 0.417 e. The summed E-state index contributed by atoms with van der Waals surface area (Å²) in [5.74, 6) is -2.36. The van der Waals surface area contributed by atoms with Gasteiger partial charge in [0, 0.05) is 41.5 Å². The minimum atomic E-state index is -5.19. The summed E-state index contributed by atoms with van der Waals surface area (Å²) >= 11 is 0.602. The molecule has 1 N–H and O–H groups in total. The standard InChI is InChI=1S/C41H48F5N7O5S/c1-21-19-53(37(55)58-39(6,7)8)22(2)18-52(21)33-24-16-26(41(44,45)46)29(30(43)31(24)48-35(49-33)56-20-40(9)14-11-15-51(40)10)23-12-13-27(42)32-28(23)25(17-47)34(59-32)50-36(54)57-38(3,4)5/h12-13,16,21-22H,11,14-15,18-20H2,1-10H3,(H,50,54)/t21-,22+,40-/m0/s1. The number of likely N-dealkylation sites (N-methyl/N-ethyl adjacent to an activating group) is 1. The van der Waals surface area contributed by atoms with Crippen LogP contribution in [0.4, 0.5) is 42.4 Å². The average Bonchev–Trinajstić information content (AvgIpc) is 3.65. The van der Waals surface area contributed by atoms with E-state index in [-0.39, 0.29) is 57.6 Å². The number of likely N-dealkylation sites (tertiary alicyclic amines) is 1. The molecule has 0 bridgehead atoms. The number of ether oxygens (including phenoxy) is 3. The van der Waals surface area contributed by atoms with E-state index in [0.717, 1.165) is 37.6 Å². The number of alkyl halides is 3. The number of halogens is 5. The molecule has 2 amide bonds. The average molecular weight is 846 g/mol. The highest BCUT2D eigenvalue weighted by Crippen LogP contribution is 2.49. The minimum absolute atomic E-state index is 0.0459. The molecule has 0 unspecified atom stereocenters. The molecule has 2 aromatic carbocycles. The van der Waals surface area contributed by atoms with E-state index in [9.17, 15) is 14.9 Å². The second-order valence-corrected chi connectivity index (χ2v) is 18.5. The van der Waals surface area contributed by atoms with Crippen LogP contribution in [-0.2, 0) is 15.7 Å². The Morgan fingerprint density at radius 1 is 1.03 bits per heavy atom. The lowest BCUT2D eigenvalue weighted by Crippen LogP contribution is -2.59. The summed E-state index contributed by atoms with van der Waals surface area (Å²) in [6.45, 7) is 16.7. The molecule has 2 saturated heterocycles. The Labute approximate surface area is 343 Å². The molecule has 0 saturated carbocycles. The van der Waals surface area contributed by atoms with E-state index < -0.39 is 81.0 Å². The summed E-state index contributed by atoms with van der Waals surface area (Å²) in [5, 5.41) is 11.9. The fourth-order valence-electron chi connectivity index (χ4n) is 7.49. The predicted molar refractivity (Wildman–Crippen MR) is 215 cm³/mol. The summed E-state index contributed by atoms with van der Waals surface area (Å²) < 4.78 is 95.9. The van der Waals surface area contributed by atoms with Gasteiger partial charge in [0.25, 0.3) is 0 Å². The fourth-order valence-corrected chi connectivity index (χ4v) is 8.56. The van der Waals surface area contributed by atoms with Gasteiger partial charge in [-0.05, 0) is 106 Å². The van der Waals surface area contributed by atoms with Gasteiger partial charge in [0.2, 0.25) is 0 Å². The summed E-state index contributed by atoms with van der Waals surface area (Å²) in [6.07, 6.45) is -5.04. The van der Waals surface area contributed by atoms with Crippen molar-refractivity contribution in [2.45, 2.75) is 110 Å². The molecule has 2 aliphatic rings. The summed E-state index contributed by atoms with van der Waals surface area (Å²) in [7, 11) is 1.94. The number of piperazine rings is 1. The fraction of sp³-hybridized carbons (Fsp3) is 0.537. The second-order valence-electron chi connectivity index (χ2n) is 17.5. The van der Waals surface area contributed by atoms with Gasteiger partial charge >= 0.3 is 24.4 Å². The van der Waals surface area contributed by atoms with Gasteiger partial charge in [-0.1, -0.05) is 6.07 Å². The van der Waals surface area contributed by atoms with Crippen LogP contribution in [0.15, 0.2) is 18.2 Å². The summed E-state index contributed by atoms with van der Waals surface area (Å²) in [6, 6.07) is 3.13. The highest BCUT2D eigenvalue weighted by molar-refractivity contribution is 7.23. The van der Waals surface area contributed by atoms with Gasteiger partial charge in [-0.15, -0.1) is 11.3 Å². The zero-order valence-corrected chi connectivity index (χ0v) is 35.5. The van der Waals surface area contributed by atoms with Gasteiger partial charge in [-0.3, -0.25) is 10.2 Å². The van der Waals surface area contributed by atoms with Gasteiger partial charge in [-0.2, -0.15) is 28.4 Å². The Morgan fingerprint density at radius 2 is 1.71 bits per heavy atom. The third kappa shape index (κ3) is 8.82. The number of fused-ring (bicyclic) bond motifs is 2. The number of benzene rings is 2. The monoisotopic (exact) mass is 845 g/mol. The molecule has 2 fully saturated rings. The number of rotatable bonds is 6. The van der Waals surface area contributed by atoms with Crippen molar-refractivity contribution in [2.75, 3.05) is 43.5 Å². The molecule has 0 spiro atoms. The predicted octanol–water partition coefficient (Wildman–Crippen LogP) is 9.72. The molecule has 18 heteroatoms. The van der Waals surface area contributed by atoms with Gasteiger partial charge < -0.3 is 24.0 Å². The third-order valence-electron chi connectivity index (χ3n) is 10.5. The Morgan fingerprint density at radius 3 is 2.31 bits per heavy atom. The number of carbonyl (C=O) groups excluding carboxylic acids is 2. The van der Waals surface area contributed by atoms with Crippen molar-refractivity contribution in [3.8, 4) is 23.2 Å². The Bertz CT molecular complexity index is 2350. The SMILES string of the molecule is C[C@@H]1CN(c2nc(OC[C@]3(C)CCCN3C)nc3c(F)c(-c4ccc(F)c5sc(NC(=O)OC(C)(C)C)c(C#N)c45)c(C(F)(F)F)cc23)[C@@H](C)CN1C(=O)OC(C)(C)C. The van der Waals surface area contributed by atoms with E-state index in [0.29, 0.717) is 11.3 Å². The number of anilines is 2. The van der Waals surface area contributed by atoms with Gasteiger partial charge in [-0.25, -0.2) is 18.4 Å².